The summed E-state index contributed by atoms with van der Waals surface area (Å²) in [5.74, 6) is 0. The molecule has 0 radical (unpaired) electrons. The molecule has 2 heteroatoms. The highest BCUT2D eigenvalue weighted by Gasteiger charge is 2.42. The summed E-state index contributed by atoms with van der Waals surface area (Å²) in [5.41, 5.74) is 2.30. The number of nitriles is 1. The second-order valence-electron chi connectivity index (χ2n) is 5.24. The summed E-state index contributed by atoms with van der Waals surface area (Å²) in [6.45, 7) is 4.98. The Morgan fingerprint density at radius 3 is 2.47 bits per heavy atom. The molecule has 1 aromatic carbocycles. The lowest BCUT2D eigenvalue weighted by Gasteiger charge is -2.40. The molecule has 2 rings (SSSR count). The maximum atomic E-state index is 9.26. The summed E-state index contributed by atoms with van der Waals surface area (Å²) < 4.78 is 0. The van der Waals surface area contributed by atoms with Crippen LogP contribution in [-0.4, -0.2) is 25.5 Å². The van der Waals surface area contributed by atoms with Crippen LogP contribution in [0.1, 0.15) is 31.4 Å². The molecule has 0 aromatic heterocycles. The molecule has 0 fully saturated rings. The Bertz CT molecular complexity index is 468. The number of likely N-dealkylation sites (N-methyl/N-ethyl adjacent to an activating group) is 1. The van der Waals surface area contributed by atoms with Gasteiger partial charge in [-0.15, -0.1) is 0 Å². The third-order valence-corrected chi connectivity index (χ3v) is 3.30. The molecule has 0 heterocycles. The van der Waals surface area contributed by atoms with Gasteiger partial charge in [-0.2, -0.15) is 5.26 Å². The first-order valence-electron chi connectivity index (χ1n) is 6.85. The van der Waals surface area contributed by atoms with Crippen LogP contribution in [0.15, 0.2) is 36.4 Å². The van der Waals surface area contributed by atoms with E-state index in [0.29, 0.717) is 0 Å². The van der Waals surface area contributed by atoms with Gasteiger partial charge in [0, 0.05) is 6.54 Å². The minimum Gasteiger partial charge on any atom is -0.307 e. The van der Waals surface area contributed by atoms with Crippen molar-refractivity contribution >= 4 is 0 Å². The van der Waals surface area contributed by atoms with Crippen LogP contribution in [0.4, 0.5) is 0 Å². The monoisotopic (exact) mass is 256 g/mol. The first-order chi connectivity index (χ1) is 9.09. The van der Waals surface area contributed by atoms with Gasteiger partial charge < -0.3 is 4.90 Å². The van der Waals surface area contributed by atoms with E-state index in [9.17, 15) is 5.26 Å². The Balaban J connectivity index is 0.000000312. The minimum absolute atomic E-state index is 0.250. The van der Waals surface area contributed by atoms with E-state index in [0.717, 1.165) is 19.4 Å². The van der Waals surface area contributed by atoms with Crippen molar-refractivity contribution in [3.8, 4) is 6.07 Å². The largest absolute Gasteiger partial charge is 0.307 e. The van der Waals surface area contributed by atoms with Gasteiger partial charge in [0.25, 0.3) is 0 Å². The lowest BCUT2D eigenvalue weighted by Crippen LogP contribution is -2.45. The number of allylic oxidation sites excluding steroid dienone is 2. The van der Waals surface area contributed by atoms with Crippen molar-refractivity contribution in [1.29, 1.82) is 5.26 Å². The fraction of sp³-hybridized carbons (Fsp3) is 0.471. The van der Waals surface area contributed by atoms with Crippen molar-refractivity contribution in [3.63, 3.8) is 0 Å². The predicted octanol–water partition coefficient (Wildman–Crippen LogP) is 3.54. The van der Waals surface area contributed by atoms with Crippen LogP contribution in [0.3, 0.4) is 0 Å². The van der Waals surface area contributed by atoms with E-state index >= 15 is 0 Å². The Morgan fingerprint density at radius 2 is 2.05 bits per heavy atom. The number of benzene rings is 1. The molecule has 1 aliphatic rings. The number of fused-ring (bicyclic) bond motifs is 1. The van der Waals surface area contributed by atoms with Gasteiger partial charge >= 0.3 is 0 Å². The lowest BCUT2D eigenvalue weighted by molar-refractivity contribution is 0.304. The van der Waals surface area contributed by atoms with Crippen LogP contribution >= 0.6 is 0 Å². The van der Waals surface area contributed by atoms with Crippen molar-refractivity contribution in [3.05, 3.63) is 47.5 Å². The van der Waals surface area contributed by atoms with Crippen molar-refractivity contribution < 1.29 is 0 Å². The average molecular weight is 256 g/mol. The zero-order valence-corrected chi connectivity index (χ0v) is 12.5. The van der Waals surface area contributed by atoms with E-state index in [1.165, 1.54) is 11.1 Å². The molecule has 0 aliphatic heterocycles. The Kier molecular flexibility index (Phi) is 5.79. The van der Waals surface area contributed by atoms with E-state index < -0.39 is 0 Å². The van der Waals surface area contributed by atoms with Gasteiger partial charge in [-0.1, -0.05) is 43.3 Å². The number of rotatable bonds is 3. The van der Waals surface area contributed by atoms with Crippen LogP contribution in [0.5, 0.6) is 0 Å². The van der Waals surface area contributed by atoms with Crippen LogP contribution < -0.4 is 0 Å². The molecule has 0 amide bonds. The highest BCUT2D eigenvalue weighted by molar-refractivity contribution is 5.50. The summed E-state index contributed by atoms with van der Waals surface area (Å²) in [4.78, 5) is 2.08. The van der Waals surface area contributed by atoms with Crippen LogP contribution in [-0.2, 0) is 11.8 Å². The first kappa shape index (κ1) is 15.5. The molecule has 1 unspecified atom stereocenters. The molecule has 1 aromatic rings. The minimum atomic E-state index is -0.250. The molecule has 2 nitrogen and oxygen atoms in total. The molecule has 0 saturated carbocycles. The second kappa shape index (κ2) is 7.11. The van der Waals surface area contributed by atoms with E-state index in [1.807, 2.05) is 33.2 Å². The number of hydrogen-bond acceptors (Lipinski definition) is 2. The SMILES string of the molecule is C/C=C\CC.CN(C)CC1(C#N)Cc2ccccc21. The molecule has 102 valence electrons. The van der Waals surface area contributed by atoms with Crippen molar-refractivity contribution in [2.45, 2.75) is 32.1 Å². The Labute approximate surface area is 117 Å². The second-order valence-corrected chi connectivity index (χ2v) is 5.24. The first-order valence-corrected chi connectivity index (χ1v) is 6.85. The Hall–Kier alpha value is -1.59. The highest BCUT2D eigenvalue weighted by Crippen LogP contribution is 2.40. The van der Waals surface area contributed by atoms with E-state index in [-0.39, 0.29) is 5.41 Å². The molecular formula is C17H24N2. The van der Waals surface area contributed by atoms with Gasteiger partial charge in [0.1, 0.15) is 0 Å². The fourth-order valence-corrected chi connectivity index (χ4v) is 2.51. The topological polar surface area (TPSA) is 27.0 Å². The maximum Gasteiger partial charge on any atom is 0.0991 e. The van der Waals surface area contributed by atoms with Crippen molar-refractivity contribution in [2.24, 2.45) is 0 Å². The van der Waals surface area contributed by atoms with Crippen LogP contribution in [0.2, 0.25) is 0 Å². The summed E-state index contributed by atoms with van der Waals surface area (Å²) in [6.07, 6.45) is 6.24. The lowest BCUT2D eigenvalue weighted by atomic mass is 9.64. The van der Waals surface area contributed by atoms with Crippen LogP contribution in [0, 0.1) is 11.3 Å². The molecule has 0 saturated heterocycles. The van der Waals surface area contributed by atoms with Gasteiger partial charge in [-0.3, -0.25) is 0 Å². The molecule has 1 aliphatic carbocycles. The molecule has 1 atom stereocenters. The van der Waals surface area contributed by atoms with E-state index in [1.54, 1.807) is 0 Å². The summed E-state index contributed by atoms with van der Waals surface area (Å²) >= 11 is 0. The Morgan fingerprint density at radius 1 is 1.37 bits per heavy atom. The zero-order chi connectivity index (χ0) is 14.3. The molecule has 0 N–H and O–H groups in total. The zero-order valence-electron chi connectivity index (χ0n) is 12.5. The summed E-state index contributed by atoms with van der Waals surface area (Å²) in [7, 11) is 4.03. The fourth-order valence-electron chi connectivity index (χ4n) is 2.51. The van der Waals surface area contributed by atoms with Gasteiger partial charge in [0.2, 0.25) is 0 Å². The standard InChI is InChI=1S/C12H14N2.C5H10/c1-14(2)9-12(8-13)7-10-5-3-4-6-11(10)12;1-3-5-4-2/h3-6H,7,9H2,1-2H3;3,5H,4H2,1-2H3/b;5-3-. The van der Waals surface area contributed by atoms with Gasteiger partial charge in [-0.05, 0) is 45.0 Å². The third-order valence-electron chi connectivity index (χ3n) is 3.30. The smallest absolute Gasteiger partial charge is 0.0991 e. The van der Waals surface area contributed by atoms with E-state index in [2.05, 4.69) is 42.2 Å². The van der Waals surface area contributed by atoms with Crippen molar-refractivity contribution in [1.82, 2.24) is 4.90 Å². The maximum absolute atomic E-state index is 9.26. The quantitative estimate of drug-likeness (QED) is 0.773. The predicted molar refractivity (Wildman–Crippen MR) is 81.1 cm³/mol. The number of nitrogens with zero attached hydrogens (tertiary/aromatic N) is 2. The normalized spacial score (nSPS) is 20.2. The van der Waals surface area contributed by atoms with E-state index in [4.69, 9.17) is 0 Å². The van der Waals surface area contributed by atoms with Crippen LogP contribution in [0.25, 0.3) is 0 Å². The van der Waals surface area contributed by atoms with Gasteiger partial charge in [0.15, 0.2) is 0 Å². The summed E-state index contributed by atoms with van der Waals surface area (Å²) in [5, 5.41) is 9.26. The van der Waals surface area contributed by atoms with Gasteiger partial charge in [0.05, 0.1) is 11.5 Å². The molecular weight excluding hydrogens is 232 g/mol. The van der Waals surface area contributed by atoms with Crippen molar-refractivity contribution in [2.75, 3.05) is 20.6 Å². The number of hydrogen-bond donors (Lipinski definition) is 0. The third kappa shape index (κ3) is 3.68. The molecule has 0 spiro atoms. The molecule has 19 heavy (non-hydrogen) atoms. The highest BCUT2D eigenvalue weighted by atomic mass is 15.1. The average Bonchev–Trinajstić information content (AvgIpc) is 2.37. The van der Waals surface area contributed by atoms with Gasteiger partial charge in [-0.25, -0.2) is 0 Å². The summed E-state index contributed by atoms with van der Waals surface area (Å²) in [6, 6.07) is 10.7. The molecule has 0 bridgehead atoms.